The monoisotopic (exact) mass is 159 g/mol. The lowest BCUT2D eigenvalue weighted by molar-refractivity contribution is -0.124. The maximum absolute atomic E-state index is 13.1. The summed E-state index contributed by atoms with van der Waals surface area (Å²) in [7, 11) is 0. The van der Waals surface area contributed by atoms with Gasteiger partial charge in [-0.2, -0.15) is 0 Å². The van der Waals surface area contributed by atoms with Crippen LogP contribution < -0.4 is 5.32 Å². The number of carbonyl (C=O) groups excluding carboxylic acids is 1. The fourth-order valence-corrected chi connectivity index (χ4v) is 1.34. The number of carbonyl (C=O) groups is 1. The van der Waals surface area contributed by atoms with Crippen molar-refractivity contribution in [2.45, 2.75) is 26.9 Å². The third-order valence-electron chi connectivity index (χ3n) is 2.21. The first kappa shape index (κ1) is 8.50. The number of halogens is 1. The molecule has 0 aromatic carbocycles. The first-order valence-corrected chi connectivity index (χ1v) is 3.84. The molecule has 0 aromatic heterocycles. The Morgan fingerprint density at radius 2 is 2.09 bits per heavy atom. The van der Waals surface area contributed by atoms with E-state index in [4.69, 9.17) is 0 Å². The van der Waals surface area contributed by atoms with Gasteiger partial charge < -0.3 is 5.32 Å². The zero-order valence-corrected chi connectivity index (χ0v) is 7.15. The molecule has 1 saturated heterocycles. The molecule has 11 heavy (non-hydrogen) atoms. The van der Waals surface area contributed by atoms with Crippen molar-refractivity contribution in [3.8, 4) is 0 Å². The summed E-state index contributed by atoms with van der Waals surface area (Å²) in [4.78, 5) is 10.7. The van der Waals surface area contributed by atoms with Crippen LogP contribution in [-0.4, -0.2) is 18.6 Å². The van der Waals surface area contributed by atoms with Gasteiger partial charge in [-0.15, -0.1) is 0 Å². The summed E-state index contributed by atoms with van der Waals surface area (Å²) in [6.07, 6.45) is -1.31. The lowest BCUT2D eigenvalue weighted by atomic mass is 9.79. The molecule has 0 radical (unpaired) electrons. The SMILES string of the molecule is CC(C)(C)C1CNC(=O)C1F. The molecule has 0 aliphatic carbocycles. The maximum atomic E-state index is 13.1. The first-order valence-electron chi connectivity index (χ1n) is 3.84. The van der Waals surface area contributed by atoms with E-state index < -0.39 is 12.1 Å². The molecule has 2 nitrogen and oxygen atoms in total. The minimum Gasteiger partial charge on any atom is -0.353 e. The Kier molecular flexibility index (Phi) is 1.90. The van der Waals surface area contributed by atoms with E-state index in [9.17, 15) is 9.18 Å². The Morgan fingerprint density at radius 3 is 2.27 bits per heavy atom. The number of nitrogens with one attached hydrogen (secondary N) is 1. The number of amides is 1. The molecule has 1 aliphatic heterocycles. The van der Waals surface area contributed by atoms with E-state index in [0.717, 1.165) is 0 Å². The number of hydrogen-bond donors (Lipinski definition) is 1. The first-order chi connectivity index (χ1) is 4.93. The second-order valence-corrected chi connectivity index (χ2v) is 4.12. The van der Waals surface area contributed by atoms with Gasteiger partial charge >= 0.3 is 0 Å². The minimum absolute atomic E-state index is 0.126. The highest BCUT2D eigenvalue weighted by molar-refractivity contribution is 5.83. The van der Waals surface area contributed by atoms with Crippen LogP contribution in [0.1, 0.15) is 20.8 Å². The molecule has 3 heteroatoms. The predicted molar refractivity (Wildman–Crippen MR) is 40.9 cm³/mol. The van der Waals surface area contributed by atoms with Gasteiger partial charge in [0.15, 0.2) is 6.17 Å². The Bertz CT molecular complexity index is 173. The summed E-state index contributed by atoms with van der Waals surface area (Å²) >= 11 is 0. The van der Waals surface area contributed by atoms with Gasteiger partial charge in [0.05, 0.1) is 0 Å². The van der Waals surface area contributed by atoms with Crippen LogP contribution in [0.3, 0.4) is 0 Å². The normalized spacial score (nSPS) is 32.2. The Balaban J connectivity index is 2.70. The summed E-state index contributed by atoms with van der Waals surface area (Å²) in [6.45, 7) is 6.32. The van der Waals surface area contributed by atoms with Crippen LogP contribution in [0.4, 0.5) is 4.39 Å². The summed E-state index contributed by atoms with van der Waals surface area (Å²) in [5.74, 6) is -0.625. The van der Waals surface area contributed by atoms with E-state index in [-0.39, 0.29) is 11.3 Å². The van der Waals surface area contributed by atoms with Gasteiger partial charge in [-0.05, 0) is 5.41 Å². The van der Waals surface area contributed by atoms with Crippen LogP contribution in [0.2, 0.25) is 0 Å². The van der Waals surface area contributed by atoms with Crippen LogP contribution in [0.25, 0.3) is 0 Å². The molecule has 1 heterocycles. The van der Waals surface area contributed by atoms with Crippen LogP contribution >= 0.6 is 0 Å². The van der Waals surface area contributed by atoms with E-state index in [2.05, 4.69) is 5.32 Å². The van der Waals surface area contributed by atoms with Crippen LogP contribution in [0.15, 0.2) is 0 Å². The topological polar surface area (TPSA) is 29.1 Å². The van der Waals surface area contributed by atoms with E-state index in [0.29, 0.717) is 6.54 Å². The average Bonchev–Trinajstić information content (AvgIpc) is 2.11. The number of hydrogen-bond acceptors (Lipinski definition) is 1. The van der Waals surface area contributed by atoms with Crippen molar-refractivity contribution in [3.05, 3.63) is 0 Å². The van der Waals surface area contributed by atoms with E-state index in [1.54, 1.807) is 0 Å². The van der Waals surface area contributed by atoms with Gasteiger partial charge in [0, 0.05) is 12.5 Å². The van der Waals surface area contributed by atoms with Crippen molar-refractivity contribution in [3.63, 3.8) is 0 Å². The summed E-state index contributed by atoms with van der Waals surface area (Å²) in [5.41, 5.74) is -0.126. The van der Waals surface area contributed by atoms with Gasteiger partial charge in [0.25, 0.3) is 5.91 Å². The zero-order valence-electron chi connectivity index (χ0n) is 7.15. The molecule has 2 atom stereocenters. The zero-order chi connectivity index (χ0) is 8.65. The van der Waals surface area contributed by atoms with Crippen molar-refractivity contribution in [1.29, 1.82) is 0 Å². The molecule has 1 amide bonds. The third-order valence-corrected chi connectivity index (χ3v) is 2.21. The molecule has 1 fully saturated rings. The number of alkyl halides is 1. The maximum Gasteiger partial charge on any atom is 0.254 e. The molecular weight excluding hydrogens is 145 g/mol. The second-order valence-electron chi connectivity index (χ2n) is 4.12. The van der Waals surface area contributed by atoms with Crippen LogP contribution in [0.5, 0.6) is 0 Å². The summed E-state index contributed by atoms with van der Waals surface area (Å²) in [6, 6.07) is 0. The van der Waals surface area contributed by atoms with Crippen molar-refractivity contribution in [1.82, 2.24) is 5.32 Å². The van der Waals surface area contributed by atoms with Gasteiger partial charge in [-0.3, -0.25) is 4.79 Å². The van der Waals surface area contributed by atoms with Crippen LogP contribution in [-0.2, 0) is 4.79 Å². The van der Waals surface area contributed by atoms with Crippen molar-refractivity contribution >= 4 is 5.91 Å². The Morgan fingerprint density at radius 1 is 1.55 bits per heavy atom. The standard InChI is InChI=1S/C8H14FNO/c1-8(2,3)5-4-10-7(11)6(5)9/h5-6H,4H2,1-3H3,(H,10,11). The highest BCUT2D eigenvalue weighted by Gasteiger charge is 2.41. The summed E-state index contributed by atoms with van der Waals surface area (Å²) in [5, 5.41) is 2.51. The van der Waals surface area contributed by atoms with Gasteiger partial charge in [-0.1, -0.05) is 20.8 Å². The smallest absolute Gasteiger partial charge is 0.254 e. The molecule has 1 N–H and O–H groups in total. The van der Waals surface area contributed by atoms with Crippen LogP contribution in [0, 0.1) is 11.3 Å². The fourth-order valence-electron chi connectivity index (χ4n) is 1.34. The molecular formula is C8H14FNO. The van der Waals surface area contributed by atoms with Gasteiger partial charge in [0.2, 0.25) is 0 Å². The van der Waals surface area contributed by atoms with Crippen molar-refractivity contribution < 1.29 is 9.18 Å². The molecule has 1 rings (SSSR count). The van der Waals surface area contributed by atoms with E-state index >= 15 is 0 Å². The Hall–Kier alpha value is -0.600. The lowest BCUT2D eigenvalue weighted by Crippen LogP contribution is -2.29. The fraction of sp³-hybridized carbons (Fsp3) is 0.875. The van der Waals surface area contributed by atoms with E-state index in [1.165, 1.54) is 0 Å². The molecule has 1 aliphatic rings. The molecule has 64 valence electrons. The molecule has 0 spiro atoms. The highest BCUT2D eigenvalue weighted by Crippen LogP contribution is 2.32. The predicted octanol–water partition coefficient (Wildman–Crippen LogP) is 1.12. The molecule has 2 unspecified atom stereocenters. The average molecular weight is 159 g/mol. The molecule has 0 aromatic rings. The van der Waals surface area contributed by atoms with Gasteiger partial charge in [-0.25, -0.2) is 4.39 Å². The van der Waals surface area contributed by atoms with Crippen molar-refractivity contribution in [2.24, 2.45) is 11.3 Å². The Labute approximate surface area is 66.2 Å². The lowest BCUT2D eigenvalue weighted by Gasteiger charge is -2.26. The quantitative estimate of drug-likeness (QED) is 0.563. The van der Waals surface area contributed by atoms with Gasteiger partial charge in [0.1, 0.15) is 0 Å². The van der Waals surface area contributed by atoms with Crippen molar-refractivity contribution in [2.75, 3.05) is 6.54 Å². The number of rotatable bonds is 0. The largest absolute Gasteiger partial charge is 0.353 e. The highest BCUT2D eigenvalue weighted by atomic mass is 19.1. The molecule has 0 saturated carbocycles. The summed E-state index contributed by atoms with van der Waals surface area (Å²) < 4.78 is 13.1. The minimum atomic E-state index is -1.31. The molecule has 0 bridgehead atoms. The van der Waals surface area contributed by atoms with E-state index in [1.807, 2.05) is 20.8 Å². The second kappa shape index (κ2) is 2.47. The third kappa shape index (κ3) is 1.52.